The molecule has 0 aliphatic heterocycles. The molecule has 1 atom stereocenters. The van der Waals surface area contributed by atoms with Crippen LogP contribution in [0.2, 0.25) is 0 Å². The predicted octanol–water partition coefficient (Wildman–Crippen LogP) is 0.557. The number of rotatable bonds is 5. The van der Waals surface area contributed by atoms with Crippen LogP contribution in [0.1, 0.15) is 30.8 Å². The fourth-order valence-corrected chi connectivity index (χ4v) is 1.50. The fraction of sp³-hybridized carbons (Fsp3) is 0.636. The monoisotopic (exact) mass is 225 g/mol. The van der Waals surface area contributed by atoms with Gasteiger partial charge in [0.25, 0.3) is 5.91 Å². The lowest BCUT2D eigenvalue weighted by atomic mass is 10.1. The van der Waals surface area contributed by atoms with Crippen LogP contribution in [0.4, 0.5) is 0 Å². The molecule has 1 heterocycles. The number of aliphatic hydroxyl groups is 1. The van der Waals surface area contributed by atoms with Crippen LogP contribution >= 0.6 is 0 Å². The van der Waals surface area contributed by atoms with Gasteiger partial charge in [0, 0.05) is 13.6 Å². The molecule has 0 aliphatic rings. The van der Waals surface area contributed by atoms with Crippen LogP contribution in [0.5, 0.6) is 0 Å². The first-order valence-electron chi connectivity index (χ1n) is 5.43. The number of amides is 1. The maximum absolute atomic E-state index is 11.6. The molecule has 0 bridgehead atoms. The van der Waals surface area contributed by atoms with Crippen molar-refractivity contribution >= 4 is 5.91 Å². The summed E-state index contributed by atoms with van der Waals surface area (Å²) < 4.78 is 1.64. The van der Waals surface area contributed by atoms with Gasteiger partial charge in [-0.05, 0) is 12.3 Å². The molecular formula is C11H19N3O2. The van der Waals surface area contributed by atoms with Crippen LogP contribution in [0.15, 0.2) is 12.5 Å². The van der Waals surface area contributed by atoms with Crippen molar-refractivity contribution in [2.45, 2.75) is 26.4 Å². The number of hydrogen-bond donors (Lipinski definition) is 2. The Morgan fingerprint density at radius 1 is 1.62 bits per heavy atom. The molecule has 0 saturated heterocycles. The van der Waals surface area contributed by atoms with Gasteiger partial charge >= 0.3 is 0 Å². The molecule has 0 aromatic carbocycles. The van der Waals surface area contributed by atoms with E-state index in [4.69, 9.17) is 0 Å². The summed E-state index contributed by atoms with van der Waals surface area (Å²) in [5, 5.41) is 12.3. The molecule has 5 nitrogen and oxygen atoms in total. The van der Waals surface area contributed by atoms with E-state index in [2.05, 4.69) is 10.3 Å². The molecule has 1 amide bonds. The van der Waals surface area contributed by atoms with E-state index in [1.165, 1.54) is 6.20 Å². The van der Waals surface area contributed by atoms with E-state index in [0.717, 1.165) is 0 Å². The van der Waals surface area contributed by atoms with Crippen LogP contribution in [-0.4, -0.2) is 33.2 Å². The number of hydrogen-bond acceptors (Lipinski definition) is 3. The molecule has 0 radical (unpaired) electrons. The maximum atomic E-state index is 11.6. The molecule has 5 heteroatoms. The third-order valence-electron chi connectivity index (χ3n) is 2.29. The van der Waals surface area contributed by atoms with E-state index in [-0.39, 0.29) is 12.5 Å². The Kier molecular flexibility index (Phi) is 4.49. The van der Waals surface area contributed by atoms with Gasteiger partial charge in [0.1, 0.15) is 5.69 Å². The first-order chi connectivity index (χ1) is 7.50. The van der Waals surface area contributed by atoms with Gasteiger partial charge in [0.2, 0.25) is 0 Å². The standard InChI is InChI=1S/C11H19N3O2/c1-8(2)4-9(15)5-13-11(16)10-6-12-7-14(10)3/h6-9,15H,4-5H2,1-3H3,(H,13,16). The lowest BCUT2D eigenvalue weighted by Crippen LogP contribution is -2.33. The van der Waals surface area contributed by atoms with Gasteiger partial charge in [-0.3, -0.25) is 4.79 Å². The number of aliphatic hydroxyl groups excluding tert-OH is 1. The quantitative estimate of drug-likeness (QED) is 0.769. The fourth-order valence-electron chi connectivity index (χ4n) is 1.50. The first kappa shape index (κ1) is 12.7. The minimum Gasteiger partial charge on any atom is -0.391 e. The lowest BCUT2D eigenvalue weighted by Gasteiger charge is -2.13. The largest absolute Gasteiger partial charge is 0.391 e. The Morgan fingerprint density at radius 3 is 2.81 bits per heavy atom. The minimum absolute atomic E-state index is 0.206. The molecule has 2 N–H and O–H groups in total. The highest BCUT2D eigenvalue weighted by molar-refractivity contribution is 5.92. The average Bonchev–Trinajstić information content (AvgIpc) is 2.60. The van der Waals surface area contributed by atoms with Gasteiger partial charge in [-0.15, -0.1) is 0 Å². The van der Waals surface area contributed by atoms with Crippen molar-refractivity contribution < 1.29 is 9.90 Å². The summed E-state index contributed by atoms with van der Waals surface area (Å²) in [6.45, 7) is 4.35. The number of nitrogens with zero attached hydrogens (tertiary/aromatic N) is 2. The summed E-state index contributed by atoms with van der Waals surface area (Å²) >= 11 is 0. The molecule has 0 spiro atoms. The summed E-state index contributed by atoms with van der Waals surface area (Å²) in [7, 11) is 1.76. The molecule has 1 aromatic rings. The Labute approximate surface area is 95.5 Å². The summed E-state index contributed by atoms with van der Waals surface area (Å²) in [5.74, 6) is 0.214. The van der Waals surface area contributed by atoms with Crippen molar-refractivity contribution in [3.8, 4) is 0 Å². The topological polar surface area (TPSA) is 67.2 Å². The Morgan fingerprint density at radius 2 is 2.31 bits per heavy atom. The van der Waals surface area contributed by atoms with E-state index in [1.54, 1.807) is 17.9 Å². The van der Waals surface area contributed by atoms with E-state index in [9.17, 15) is 9.90 Å². The number of aryl methyl sites for hydroxylation is 1. The SMILES string of the molecule is CC(C)CC(O)CNC(=O)c1cncn1C. The van der Waals surface area contributed by atoms with Gasteiger partial charge < -0.3 is 15.0 Å². The highest BCUT2D eigenvalue weighted by atomic mass is 16.3. The Bertz CT molecular complexity index is 347. The van der Waals surface area contributed by atoms with Crippen LogP contribution in [0.3, 0.4) is 0 Å². The number of aromatic nitrogens is 2. The number of carbonyl (C=O) groups is 1. The van der Waals surface area contributed by atoms with E-state index in [1.807, 2.05) is 13.8 Å². The number of carbonyl (C=O) groups excluding carboxylic acids is 1. The maximum Gasteiger partial charge on any atom is 0.269 e. The third-order valence-corrected chi connectivity index (χ3v) is 2.29. The molecule has 1 aromatic heterocycles. The second-order valence-corrected chi connectivity index (χ2v) is 4.38. The number of nitrogens with one attached hydrogen (secondary N) is 1. The molecule has 0 saturated carbocycles. The van der Waals surface area contributed by atoms with Crippen molar-refractivity contribution in [3.05, 3.63) is 18.2 Å². The van der Waals surface area contributed by atoms with Gasteiger partial charge in [-0.1, -0.05) is 13.8 Å². The van der Waals surface area contributed by atoms with Crippen LogP contribution in [-0.2, 0) is 7.05 Å². The van der Waals surface area contributed by atoms with Crippen molar-refractivity contribution in [3.63, 3.8) is 0 Å². The second kappa shape index (κ2) is 5.65. The van der Waals surface area contributed by atoms with Crippen LogP contribution in [0.25, 0.3) is 0 Å². The summed E-state index contributed by atoms with van der Waals surface area (Å²) in [4.78, 5) is 15.5. The summed E-state index contributed by atoms with van der Waals surface area (Å²) in [6, 6.07) is 0. The highest BCUT2D eigenvalue weighted by Gasteiger charge is 2.12. The first-order valence-corrected chi connectivity index (χ1v) is 5.43. The Hall–Kier alpha value is -1.36. The molecular weight excluding hydrogens is 206 g/mol. The normalized spacial score (nSPS) is 12.8. The van der Waals surface area contributed by atoms with E-state index < -0.39 is 6.10 Å². The average molecular weight is 225 g/mol. The molecule has 16 heavy (non-hydrogen) atoms. The summed E-state index contributed by atoms with van der Waals surface area (Å²) in [5.41, 5.74) is 0.497. The predicted molar refractivity (Wildman–Crippen MR) is 61.0 cm³/mol. The zero-order valence-electron chi connectivity index (χ0n) is 9.97. The summed E-state index contributed by atoms with van der Waals surface area (Å²) in [6.07, 6.45) is 3.27. The van der Waals surface area contributed by atoms with Gasteiger partial charge in [-0.25, -0.2) is 4.98 Å². The van der Waals surface area contributed by atoms with Crippen LogP contribution in [0, 0.1) is 5.92 Å². The smallest absolute Gasteiger partial charge is 0.269 e. The molecule has 0 aliphatic carbocycles. The third kappa shape index (κ3) is 3.66. The van der Waals surface area contributed by atoms with Crippen molar-refractivity contribution in [2.75, 3.05) is 6.54 Å². The molecule has 1 rings (SSSR count). The molecule has 0 fully saturated rings. The zero-order chi connectivity index (χ0) is 12.1. The number of imidazole rings is 1. The van der Waals surface area contributed by atoms with Crippen molar-refractivity contribution in [1.29, 1.82) is 0 Å². The lowest BCUT2D eigenvalue weighted by molar-refractivity contribution is 0.0892. The van der Waals surface area contributed by atoms with Gasteiger partial charge in [0.15, 0.2) is 0 Å². The van der Waals surface area contributed by atoms with Gasteiger partial charge in [0.05, 0.1) is 18.6 Å². The second-order valence-electron chi connectivity index (χ2n) is 4.38. The van der Waals surface area contributed by atoms with E-state index in [0.29, 0.717) is 18.0 Å². The molecule has 90 valence electrons. The van der Waals surface area contributed by atoms with Crippen molar-refractivity contribution in [1.82, 2.24) is 14.9 Å². The van der Waals surface area contributed by atoms with E-state index >= 15 is 0 Å². The highest BCUT2D eigenvalue weighted by Crippen LogP contribution is 2.03. The van der Waals surface area contributed by atoms with Gasteiger partial charge in [-0.2, -0.15) is 0 Å². The minimum atomic E-state index is -0.489. The van der Waals surface area contributed by atoms with Crippen molar-refractivity contribution in [2.24, 2.45) is 13.0 Å². The zero-order valence-corrected chi connectivity index (χ0v) is 9.97. The van der Waals surface area contributed by atoms with Crippen LogP contribution < -0.4 is 5.32 Å². The Balaban J connectivity index is 2.39. The molecule has 1 unspecified atom stereocenters.